The lowest BCUT2D eigenvalue weighted by Gasteiger charge is -2.42. The number of piperidine rings is 1. The molecule has 3 fully saturated rings. The van der Waals surface area contributed by atoms with Crippen molar-refractivity contribution in [3.63, 3.8) is 0 Å². The summed E-state index contributed by atoms with van der Waals surface area (Å²) >= 11 is 0. The van der Waals surface area contributed by atoms with Crippen LogP contribution in [0.25, 0.3) is 0 Å². The summed E-state index contributed by atoms with van der Waals surface area (Å²) in [6, 6.07) is -1.22. The molecule has 77 heavy (non-hydrogen) atoms. The Morgan fingerprint density at radius 3 is 2.26 bits per heavy atom. The molecule has 3 aliphatic heterocycles. The van der Waals surface area contributed by atoms with E-state index in [0.29, 0.717) is 57.8 Å². The van der Waals surface area contributed by atoms with E-state index in [1.807, 2.05) is 51.2 Å². The smallest absolute Gasteiger partial charge is 0.329 e. The van der Waals surface area contributed by atoms with Crippen molar-refractivity contribution in [1.82, 2.24) is 4.90 Å². The summed E-state index contributed by atoms with van der Waals surface area (Å²) in [5.41, 5.74) is -0.383. The number of ketones is 3. The van der Waals surface area contributed by atoms with Gasteiger partial charge in [-0.3, -0.25) is 28.8 Å². The highest BCUT2D eigenvalue weighted by Gasteiger charge is 2.53. The van der Waals surface area contributed by atoms with Crippen molar-refractivity contribution >= 4 is 41.2 Å². The summed E-state index contributed by atoms with van der Waals surface area (Å²) in [6.07, 6.45) is 9.63. The van der Waals surface area contributed by atoms with Gasteiger partial charge in [0.15, 0.2) is 11.6 Å². The van der Waals surface area contributed by atoms with E-state index in [1.54, 1.807) is 47.8 Å². The fraction of sp³-hybridized carbons (Fsp3) is 0.746. The van der Waals surface area contributed by atoms with E-state index in [1.165, 1.54) is 21.1 Å². The first-order chi connectivity index (χ1) is 36.4. The summed E-state index contributed by atoms with van der Waals surface area (Å²) < 4.78 is 40.9. The lowest BCUT2D eigenvalue weighted by molar-refractivity contribution is -0.265. The maximum atomic E-state index is 14.6. The molecule has 4 rings (SSSR count). The third-order valence-electron chi connectivity index (χ3n) is 16.4. The van der Waals surface area contributed by atoms with Crippen LogP contribution in [0, 0.1) is 40.9 Å². The molecule has 18 heteroatoms. The number of carbonyl (C=O) groups excluding carboxylic acids is 7. The molecular formula is C59H91NO17. The van der Waals surface area contributed by atoms with Crippen molar-refractivity contribution in [2.75, 3.05) is 41.1 Å². The number of esters is 3. The number of aliphatic hydroxyl groups excluding tert-OH is 2. The third-order valence-corrected chi connectivity index (χ3v) is 16.4. The molecule has 18 nitrogen and oxygen atoms in total. The predicted molar refractivity (Wildman–Crippen MR) is 285 cm³/mol. The molecule has 0 radical (unpaired) electrons. The predicted octanol–water partition coefficient (Wildman–Crippen LogP) is 6.68. The molecule has 3 heterocycles. The van der Waals surface area contributed by atoms with Crippen molar-refractivity contribution in [2.24, 2.45) is 40.9 Å². The lowest BCUT2D eigenvalue weighted by Crippen LogP contribution is -2.61. The number of allylic oxidation sites excluding steroid dienone is 6. The molecule has 0 aromatic carbocycles. The van der Waals surface area contributed by atoms with E-state index in [9.17, 15) is 48.9 Å². The molecule has 2 saturated heterocycles. The van der Waals surface area contributed by atoms with Gasteiger partial charge in [-0.25, -0.2) is 4.79 Å². The van der Waals surface area contributed by atoms with Crippen LogP contribution in [0.4, 0.5) is 0 Å². The molecular weight excluding hydrogens is 995 g/mol. The fourth-order valence-corrected chi connectivity index (χ4v) is 11.0. The molecule has 2 bridgehead atoms. The number of hydrogen-bond donors (Lipinski definition) is 3. The molecule has 3 N–H and O–H groups in total. The Labute approximate surface area is 456 Å². The summed E-state index contributed by atoms with van der Waals surface area (Å²) in [6.45, 7) is 14.6. The number of rotatable bonds is 12. The quantitative estimate of drug-likeness (QED) is 0.105. The fourth-order valence-electron chi connectivity index (χ4n) is 11.0. The van der Waals surface area contributed by atoms with E-state index in [0.717, 1.165) is 10.5 Å². The highest BCUT2D eigenvalue weighted by molar-refractivity contribution is 6.39. The number of aliphatic hydroxyl groups is 3. The standard InChI is InChI=1S/C59H91NO17/c1-13-50(63)74-34-58(9,33-61)57(69)76-46-25-23-42(30-49(46)72-11)29-38(5)48-32-45(62)37(4)28-40(7)52(65)53(73-12)51(64)39(6)27-35(2)19-15-14-16-20-36(3)47(71-10)31-43-24-22-41(8)59(70,77-43)54(66)55(67)60-26-18-17-21-44(60)56(68)75-48/h14-16,19-20,28,35,38-44,46-49,52-53,61,65,70H,13,17-18,21-27,29-34H2,1-12H3/b16-14?,19-15?,36-20?,37-28+. The molecule has 1 aliphatic carbocycles. The Morgan fingerprint density at radius 1 is 0.896 bits per heavy atom. The number of hydrogen-bond acceptors (Lipinski definition) is 17. The van der Waals surface area contributed by atoms with E-state index in [4.69, 9.17) is 33.2 Å². The minimum Gasteiger partial charge on any atom is -0.464 e. The van der Waals surface area contributed by atoms with E-state index < -0.39 is 126 Å². The SMILES string of the molecule is CCC(=O)OCC(C)(CO)C(=O)OC1CCC(CC(C)C2CC(=O)/C(C)=C/C(C)C(O)C(OC)C(=O)C(C)CC(C)C=CC=CC=C(C)C(OC)CC3CCC(C)C(O)(O3)C(=O)C(=O)N3CCCCC3C(=O)O2)CC1OC. The molecule has 1 saturated carbocycles. The second kappa shape index (κ2) is 30.2. The zero-order valence-electron chi connectivity index (χ0n) is 47.9. The van der Waals surface area contributed by atoms with Crippen LogP contribution in [-0.2, 0) is 66.7 Å². The summed E-state index contributed by atoms with van der Waals surface area (Å²) in [5, 5.41) is 33.7. The molecule has 0 aromatic rings. The largest absolute Gasteiger partial charge is 0.464 e. The van der Waals surface area contributed by atoms with Gasteiger partial charge in [-0.15, -0.1) is 0 Å². The van der Waals surface area contributed by atoms with Gasteiger partial charge in [-0.1, -0.05) is 78.0 Å². The van der Waals surface area contributed by atoms with Gasteiger partial charge in [0.25, 0.3) is 11.7 Å². The maximum absolute atomic E-state index is 14.6. The molecule has 1 amide bonds. The number of carbonyl (C=O) groups is 7. The van der Waals surface area contributed by atoms with Gasteiger partial charge in [0, 0.05) is 64.9 Å². The van der Waals surface area contributed by atoms with Crippen LogP contribution in [0.2, 0.25) is 0 Å². The lowest BCUT2D eigenvalue weighted by atomic mass is 9.78. The zero-order chi connectivity index (χ0) is 57.4. The number of cyclic esters (lactones) is 1. The zero-order valence-corrected chi connectivity index (χ0v) is 47.9. The Morgan fingerprint density at radius 2 is 1.61 bits per heavy atom. The number of ether oxygens (including phenoxy) is 7. The second-order valence-corrected chi connectivity index (χ2v) is 22.7. The van der Waals surface area contributed by atoms with Crippen LogP contribution >= 0.6 is 0 Å². The first-order valence-electron chi connectivity index (χ1n) is 27.8. The van der Waals surface area contributed by atoms with Crippen LogP contribution in [0.1, 0.15) is 146 Å². The molecule has 0 spiro atoms. The van der Waals surface area contributed by atoms with Gasteiger partial charge in [0.1, 0.15) is 36.4 Å². The first kappa shape index (κ1) is 65.1. The summed E-state index contributed by atoms with van der Waals surface area (Å²) in [4.78, 5) is 97.9. The minimum absolute atomic E-state index is 0.0105. The Kier molecular flexibility index (Phi) is 25.6. The number of amides is 1. The normalized spacial score (nSPS) is 35.1. The van der Waals surface area contributed by atoms with Gasteiger partial charge in [-0.2, -0.15) is 0 Å². The van der Waals surface area contributed by atoms with Gasteiger partial charge in [-0.05, 0) is 114 Å². The molecule has 0 aromatic heterocycles. The number of nitrogens with zero attached hydrogens (tertiary/aromatic N) is 1. The highest BCUT2D eigenvalue weighted by atomic mass is 16.6. The van der Waals surface area contributed by atoms with Crippen LogP contribution in [0.3, 0.4) is 0 Å². The Hall–Kier alpha value is -4.43. The van der Waals surface area contributed by atoms with Gasteiger partial charge >= 0.3 is 17.9 Å². The Bertz CT molecular complexity index is 2150. The maximum Gasteiger partial charge on any atom is 0.329 e. The average molecular weight is 1090 g/mol. The number of fused-ring (bicyclic) bond motifs is 3. The molecule has 16 atom stereocenters. The average Bonchev–Trinajstić information content (AvgIpc) is 3.41. The minimum atomic E-state index is -2.48. The van der Waals surface area contributed by atoms with Crippen molar-refractivity contribution in [3.8, 4) is 0 Å². The van der Waals surface area contributed by atoms with Crippen molar-refractivity contribution < 1.29 is 82.0 Å². The van der Waals surface area contributed by atoms with Crippen LogP contribution < -0.4 is 0 Å². The monoisotopic (exact) mass is 1090 g/mol. The molecule has 434 valence electrons. The van der Waals surface area contributed by atoms with Gasteiger partial charge in [0.05, 0.1) is 31.0 Å². The highest BCUT2D eigenvalue weighted by Crippen LogP contribution is 2.39. The van der Waals surface area contributed by atoms with E-state index in [-0.39, 0.29) is 62.0 Å². The van der Waals surface area contributed by atoms with Crippen LogP contribution in [-0.4, -0.2) is 157 Å². The van der Waals surface area contributed by atoms with Crippen LogP contribution in [0.5, 0.6) is 0 Å². The summed E-state index contributed by atoms with van der Waals surface area (Å²) in [7, 11) is 4.43. The topological polar surface area (TPSA) is 248 Å². The Balaban J connectivity index is 1.68. The van der Waals surface area contributed by atoms with Crippen molar-refractivity contribution in [3.05, 3.63) is 47.6 Å². The number of Topliss-reactive ketones (excluding diaryl/α,β-unsaturated/α-hetero) is 3. The summed E-state index contributed by atoms with van der Waals surface area (Å²) in [5.74, 6) is -9.96. The second-order valence-electron chi connectivity index (χ2n) is 22.7. The van der Waals surface area contributed by atoms with E-state index in [2.05, 4.69) is 0 Å². The van der Waals surface area contributed by atoms with Gasteiger partial charge < -0.3 is 53.4 Å². The van der Waals surface area contributed by atoms with Crippen molar-refractivity contribution in [1.29, 1.82) is 0 Å². The number of methoxy groups -OCH3 is 3. The molecule has 4 aliphatic rings. The first-order valence-corrected chi connectivity index (χ1v) is 27.8. The van der Waals surface area contributed by atoms with E-state index >= 15 is 0 Å². The van der Waals surface area contributed by atoms with Crippen molar-refractivity contribution in [2.45, 2.75) is 200 Å². The third kappa shape index (κ3) is 17.5. The van der Waals surface area contributed by atoms with Gasteiger partial charge in [0.2, 0.25) is 5.79 Å². The van der Waals surface area contributed by atoms with Crippen LogP contribution in [0.15, 0.2) is 47.6 Å². The molecule has 16 unspecified atom stereocenters.